The second kappa shape index (κ2) is 9.09. The van der Waals surface area contributed by atoms with E-state index in [1.54, 1.807) is 4.57 Å². The average Bonchev–Trinajstić information content (AvgIpc) is 3.62. The van der Waals surface area contributed by atoms with E-state index in [1.807, 2.05) is 0 Å². The Morgan fingerprint density at radius 1 is 1.00 bits per heavy atom. The summed E-state index contributed by atoms with van der Waals surface area (Å²) in [5, 5.41) is 10.7. The molecular weight excluding hydrogens is 384 g/mol. The number of hydrogen-bond acceptors (Lipinski definition) is 3. The highest BCUT2D eigenvalue weighted by molar-refractivity contribution is 5.50. The minimum atomic E-state index is -0.155. The van der Waals surface area contributed by atoms with Crippen LogP contribution in [0.1, 0.15) is 79.6 Å². The second-order valence-electron chi connectivity index (χ2n) is 8.55. The van der Waals surface area contributed by atoms with Gasteiger partial charge in [-0.1, -0.05) is 63.2 Å². The van der Waals surface area contributed by atoms with Crippen LogP contribution in [0, 0.1) is 0 Å². The topological polar surface area (TPSA) is 55.1 Å². The molecule has 1 aliphatic carbocycles. The predicted octanol–water partition coefficient (Wildman–Crippen LogP) is 5.48. The van der Waals surface area contributed by atoms with Crippen LogP contribution >= 0.6 is 0 Å². The molecule has 0 bridgehead atoms. The van der Waals surface area contributed by atoms with Crippen LogP contribution in [0.4, 0.5) is 0 Å². The maximum absolute atomic E-state index is 13.8. The summed E-state index contributed by atoms with van der Waals surface area (Å²) in [6.45, 7) is 6.29. The minimum Gasteiger partial charge on any atom is -0.493 e. The summed E-state index contributed by atoms with van der Waals surface area (Å²) in [6.07, 6.45) is 6.07. The molecule has 0 atom stereocenters. The van der Waals surface area contributed by atoms with Gasteiger partial charge in [0.1, 0.15) is 5.82 Å². The zero-order valence-electron chi connectivity index (χ0n) is 18.8. The third-order valence-corrected chi connectivity index (χ3v) is 6.30. The van der Waals surface area contributed by atoms with Crippen molar-refractivity contribution < 1.29 is 5.11 Å². The number of rotatable bonds is 8. The molecule has 4 heteroatoms. The van der Waals surface area contributed by atoms with Crippen LogP contribution < -0.4 is 5.56 Å². The fourth-order valence-corrected chi connectivity index (χ4v) is 4.39. The third kappa shape index (κ3) is 4.30. The van der Waals surface area contributed by atoms with Crippen molar-refractivity contribution >= 4 is 0 Å². The van der Waals surface area contributed by atoms with Gasteiger partial charge in [-0.2, -0.15) is 4.98 Å². The van der Waals surface area contributed by atoms with Crippen LogP contribution in [0.2, 0.25) is 0 Å². The molecule has 1 aromatic heterocycles. The van der Waals surface area contributed by atoms with Crippen LogP contribution in [0.25, 0.3) is 5.69 Å². The Bertz CT molecular complexity index is 1100. The smallest absolute Gasteiger partial charge is 0.265 e. The summed E-state index contributed by atoms with van der Waals surface area (Å²) in [6, 6.07) is 14.7. The Hall–Kier alpha value is -2.88. The molecular formula is C27H32N2O2. The van der Waals surface area contributed by atoms with Crippen molar-refractivity contribution in [1.29, 1.82) is 0 Å². The van der Waals surface area contributed by atoms with E-state index < -0.39 is 0 Å². The van der Waals surface area contributed by atoms with Crippen LogP contribution in [0.15, 0.2) is 47.3 Å². The molecule has 1 heterocycles. The van der Waals surface area contributed by atoms with E-state index in [-0.39, 0.29) is 11.4 Å². The molecule has 0 radical (unpaired) electrons. The van der Waals surface area contributed by atoms with E-state index in [9.17, 15) is 9.90 Å². The first-order valence-corrected chi connectivity index (χ1v) is 11.6. The maximum Gasteiger partial charge on any atom is 0.265 e. The van der Waals surface area contributed by atoms with Gasteiger partial charge in [-0.3, -0.25) is 9.36 Å². The van der Waals surface area contributed by atoms with Crippen molar-refractivity contribution in [3.05, 3.63) is 86.5 Å². The lowest BCUT2D eigenvalue weighted by Gasteiger charge is -2.20. The lowest BCUT2D eigenvalue weighted by Crippen LogP contribution is -2.29. The summed E-state index contributed by atoms with van der Waals surface area (Å²) in [4.78, 5) is 18.3. The lowest BCUT2D eigenvalue weighted by atomic mass is 10.0. The van der Waals surface area contributed by atoms with Crippen molar-refractivity contribution in [1.82, 2.24) is 9.55 Å². The van der Waals surface area contributed by atoms with Crippen LogP contribution in [0.3, 0.4) is 0 Å². The van der Waals surface area contributed by atoms with Crippen molar-refractivity contribution in [2.75, 3.05) is 0 Å². The molecule has 2 aromatic carbocycles. The highest BCUT2D eigenvalue weighted by atomic mass is 16.3. The first kappa shape index (κ1) is 21.4. The molecule has 0 amide bonds. The Kier molecular flexibility index (Phi) is 6.26. The van der Waals surface area contributed by atoms with Gasteiger partial charge < -0.3 is 5.11 Å². The van der Waals surface area contributed by atoms with Gasteiger partial charge in [-0.25, -0.2) is 0 Å². The molecule has 1 N–H and O–H groups in total. The normalized spacial score (nSPS) is 13.5. The lowest BCUT2D eigenvalue weighted by molar-refractivity contribution is 0.437. The third-order valence-electron chi connectivity index (χ3n) is 6.30. The van der Waals surface area contributed by atoms with Crippen molar-refractivity contribution in [3.8, 4) is 11.6 Å². The summed E-state index contributed by atoms with van der Waals surface area (Å²) in [5.41, 5.74) is 5.81. The van der Waals surface area contributed by atoms with E-state index in [4.69, 9.17) is 0 Å². The van der Waals surface area contributed by atoms with E-state index in [0.717, 1.165) is 41.6 Å². The van der Waals surface area contributed by atoms with E-state index in [1.165, 1.54) is 18.4 Å². The predicted molar refractivity (Wildman–Crippen MR) is 125 cm³/mol. The molecule has 4 nitrogen and oxygen atoms in total. The number of aromatic nitrogens is 2. The molecule has 1 aliphatic rings. The maximum atomic E-state index is 13.8. The fraction of sp³-hybridized carbons (Fsp3) is 0.407. The second-order valence-corrected chi connectivity index (χ2v) is 8.55. The number of benzene rings is 2. The summed E-state index contributed by atoms with van der Waals surface area (Å²) < 4.78 is 1.77. The Morgan fingerprint density at radius 2 is 1.65 bits per heavy atom. The molecule has 162 valence electrons. The zero-order valence-corrected chi connectivity index (χ0v) is 18.8. The summed E-state index contributed by atoms with van der Waals surface area (Å²) in [5.74, 6) is 1.20. The quantitative estimate of drug-likeness (QED) is 0.529. The standard InChI is InChI=1S/C27H32N2O2/c1-4-8-24-28-26(30)23(17-18-11-13-21(14-12-18)22-15-16-22)27(31)29(24)25-19(5-2)9-7-10-20(25)6-3/h7,9-14,22,30H,4-6,8,15-17H2,1-3H3. The van der Waals surface area contributed by atoms with Gasteiger partial charge in [0.05, 0.1) is 11.3 Å². The Balaban J connectivity index is 1.84. The largest absolute Gasteiger partial charge is 0.493 e. The van der Waals surface area contributed by atoms with Gasteiger partial charge in [0.25, 0.3) is 5.56 Å². The van der Waals surface area contributed by atoms with Crippen LogP contribution in [0.5, 0.6) is 5.88 Å². The molecule has 0 saturated heterocycles. The van der Waals surface area contributed by atoms with Crippen molar-refractivity contribution in [2.24, 2.45) is 0 Å². The van der Waals surface area contributed by atoms with Crippen LogP contribution in [-0.2, 0) is 25.7 Å². The molecule has 0 spiro atoms. The Labute approximate surface area is 184 Å². The SMILES string of the molecule is CCCc1nc(O)c(Cc2ccc(C3CC3)cc2)c(=O)n1-c1c(CC)cccc1CC. The molecule has 0 aliphatic heterocycles. The minimum absolute atomic E-state index is 0.136. The van der Waals surface area contributed by atoms with Crippen molar-refractivity contribution in [3.63, 3.8) is 0 Å². The molecule has 1 fully saturated rings. The average molecular weight is 417 g/mol. The molecule has 31 heavy (non-hydrogen) atoms. The van der Waals surface area contributed by atoms with Gasteiger partial charge in [-0.15, -0.1) is 0 Å². The zero-order chi connectivity index (χ0) is 22.0. The summed E-state index contributed by atoms with van der Waals surface area (Å²) in [7, 11) is 0. The van der Waals surface area contributed by atoms with E-state index in [0.29, 0.717) is 30.1 Å². The highest BCUT2D eigenvalue weighted by Gasteiger charge is 2.24. The number of hydrogen-bond donors (Lipinski definition) is 1. The number of aryl methyl sites for hydroxylation is 3. The highest BCUT2D eigenvalue weighted by Crippen LogP contribution is 2.40. The first-order valence-electron chi connectivity index (χ1n) is 11.6. The van der Waals surface area contributed by atoms with Crippen LogP contribution in [-0.4, -0.2) is 14.7 Å². The molecule has 0 unspecified atom stereocenters. The monoisotopic (exact) mass is 416 g/mol. The summed E-state index contributed by atoms with van der Waals surface area (Å²) >= 11 is 0. The Morgan fingerprint density at radius 3 is 2.19 bits per heavy atom. The number of nitrogens with zero attached hydrogens (tertiary/aromatic N) is 2. The van der Waals surface area contributed by atoms with E-state index >= 15 is 0 Å². The van der Waals surface area contributed by atoms with Gasteiger partial charge >= 0.3 is 0 Å². The molecule has 1 saturated carbocycles. The van der Waals surface area contributed by atoms with E-state index in [2.05, 4.69) is 68.2 Å². The van der Waals surface area contributed by atoms with Gasteiger partial charge in [0, 0.05) is 12.8 Å². The fourth-order valence-electron chi connectivity index (χ4n) is 4.39. The van der Waals surface area contributed by atoms with Gasteiger partial charge in [-0.05, 0) is 60.3 Å². The number of aromatic hydroxyl groups is 1. The number of para-hydroxylation sites is 1. The molecule has 4 rings (SSSR count). The van der Waals surface area contributed by atoms with Gasteiger partial charge in [0.2, 0.25) is 5.88 Å². The van der Waals surface area contributed by atoms with Crippen molar-refractivity contribution in [2.45, 2.75) is 71.6 Å². The van der Waals surface area contributed by atoms with Gasteiger partial charge in [0.15, 0.2) is 0 Å². The first-order chi connectivity index (χ1) is 15.1. The molecule has 3 aromatic rings.